The van der Waals surface area contributed by atoms with Crippen molar-refractivity contribution in [3.8, 4) is 0 Å². The van der Waals surface area contributed by atoms with Crippen molar-refractivity contribution in [1.82, 2.24) is 15.5 Å². The van der Waals surface area contributed by atoms with Gasteiger partial charge in [-0.2, -0.15) is 0 Å². The molecule has 2 rings (SSSR count). The third-order valence-corrected chi connectivity index (χ3v) is 4.68. The number of nitrogens with two attached hydrogens (primary N) is 1. The molecule has 2 aromatic carbocycles. The highest BCUT2D eigenvalue weighted by Crippen LogP contribution is 2.21. The van der Waals surface area contributed by atoms with Crippen molar-refractivity contribution in [2.45, 2.75) is 45.2 Å². The number of carbonyl (C=O) groups is 2. The Bertz CT molecular complexity index is 872. The van der Waals surface area contributed by atoms with Gasteiger partial charge in [-0.1, -0.05) is 24.3 Å². The number of hydrogen-bond donors (Lipinski definition) is 4. The van der Waals surface area contributed by atoms with Crippen LogP contribution in [0.2, 0.25) is 0 Å². The predicted octanol–water partition coefficient (Wildman–Crippen LogP) is 4.00. The molecule has 168 valence electrons. The third kappa shape index (κ3) is 8.30. The van der Waals surface area contributed by atoms with E-state index in [9.17, 15) is 9.59 Å². The van der Waals surface area contributed by atoms with Gasteiger partial charge in [0.05, 0.1) is 17.4 Å². The summed E-state index contributed by atoms with van der Waals surface area (Å²) in [5.74, 6) is -0.230. The summed E-state index contributed by atoms with van der Waals surface area (Å²) < 4.78 is 0. The molecule has 1 atom stereocenters. The maximum atomic E-state index is 12.6. The zero-order valence-corrected chi connectivity index (χ0v) is 19.2. The minimum atomic E-state index is -0.320. The van der Waals surface area contributed by atoms with E-state index in [-0.39, 0.29) is 23.5 Å². The predicted molar refractivity (Wildman–Crippen MR) is 127 cm³/mol. The highest BCUT2D eigenvalue weighted by molar-refractivity contribution is 6.05. The average Bonchev–Trinajstić information content (AvgIpc) is 2.67. The molecule has 0 aromatic heterocycles. The fraction of sp³-hybridized carbons (Fsp3) is 0.417. The van der Waals surface area contributed by atoms with Crippen LogP contribution >= 0.6 is 0 Å². The number of nitrogen functional groups attached to an aromatic ring is 1. The maximum Gasteiger partial charge on any atom is 0.315 e. The number of carbonyl (C=O) groups excluding carboxylic acids is 2. The molecule has 0 radical (unpaired) electrons. The van der Waals surface area contributed by atoms with Gasteiger partial charge >= 0.3 is 6.03 Å². The van der Waals surface area contributed by atoms with Gasteiger partial charge in [0, 0.05) is 11.1 Å². The fourth-order valence-corrected chi connectivity index (χ4v) is 3.14. The summed E-state index contributed by atoms with van der Waals surface area (Å²) in [5.41, 5.74) is 8.17. The molecule has 0 aliphatic carbocycles. The largest absolute Gasteiger partial charge is 0.397 e. The molecule has 5 N–H and O–H groups in total. The summed E-state index contributed by atoms with van der Waals surface area (Å²) in [4.78, 5) is 27.1. The summed E-state index contributed by atoms with van der Waals surface area (Å²) in [6.07, 6.45) is 1.73. The van der Waals surface area contributed by atoms with E-state index in [0.29, 0.717) is 16.9 Å². The van der Waals surface area contributed by atoms with Crippen molar-refractivity contribution < 1.29 is 9.59 Å². The second-order valence-corrected chi connectivity index (χ2v) is 9.01. The van der Waals surface area contributed by atoms with Crippen molar-refractivity contribution in [2.75, 3.05) is 31.7 Å². The van der Waals surface area contributed by atoms with Crippen molar-refractivity contribution in [2.24, 2.45) is 0 Å². The highest BCUT2D eigenvalue weighted by atomic mass is 16.2. The van der Waals surface area contributed by atoms with Gasteiger partial charge in [-0.15, -0.1) is 0 Å². The van der Waals surface area contributed by atoms with Crippen LogP contribution < -0.4 is 21.7 Å². The van der Waals surface area contributed by atoms with Crippen LogP contribution in [0.25, 0.3) is 0 Å². The molecule has 7 heteroatoms. The molecule has 0 heterocycles. The number of hydrogen-bond acceptors (Lipinski definition) is 4. The summed E-state index contributed by atoms with van der Waals surface area (Å²) in [6, 6.07) is 14.1. The summed E-state index contributed by atoms with van der Waals surface area (Å²) in [5, 5.41) is 8.85. The standard InChI is InChI=1S/C24H35N5O2/c1-24(2,3)28-23(31)27-20(11-8-16-29(4)5)17-12-14-18(15-13-17)22(30)26-21-10-7-6-9-19(21)25/h6-7,9-10,12-15,20H,8,11,16,25H2,1-5H3,(H,26,30)(H2,27,28,31). The monoisotopic (exact) mass is 425 g/mol. The Morgan fingerprint density at radius 2 is 1.68 bits per heavy atom. The Labute approximate surface area is 185 Å². The molecular weight excluding hydrogens is 390 g/mol. The van der Waals surface area contributed by atoms with E-state index in [1.165, 1.54) is 0 Å². The van der Waals surface area contributed by atoms with E-state index in [1.54, 1.807) is 24.3 Å². The summed E-state index contributed by atoms with van der Waals surface area (Å²) in [7, 11) is 4.06. The van der Waals surface area contributed by atoms with Crippen LogP contribution in [0.3, 0.4) is 0 Å². The van der Waals surface area contributed by atoms with Gasteiger partial charge in [-0.25, -0.2) is 4.79 Å². The van der Waals surface area contributed by atoms with Crippen molar-refractivity contribution in [1.29, 1.82) is 0 Å². The quantitative estimate of drug-likeness (QED) is 0.480. The number of nitrogens with one attached hydrogen (secondary N) is 3. The first-order valence-electron chi connectivity index (χ1n) is 10.5. The lowest BCUT2D eigenvalue weighted by Gasteiger charge is -2.25. The van der Waals surface area contributed by atoms with Crippen LogP contribution in [0.4, 0.5) is 16.2 Å². The molecule has 1 unspecified atom stereocenters. The first-order chi connectivity index (χ1) is 14.5. The molecule has 0 bridgehead atoms. The number of anilines is 2. The van der Waals surface area contributed by atoms with Crippen molar-refractivity contribution >= 4 is 23.3 Å². The first kappa shape index (κ1) is 24.2. The normalized spacial score (nSPS) is 12.3. The van der Waals surface area contributed by atoms with Crippen LogP contribution in [0.15, 0.2) is 48.5 Å². The lowest BCUT2D eigenvalue weighted by Crippen LogP contribution is -2.47. The fourth-order valence-electron chi connectivity index (χ4n) is 3.14. The summed E-state index contributed by atoms with van der Waals surface area (Å²) >= 11 is 0. The molecule has 7 nitrogen and oxygen atoms in total. The van der Waals surface area contributed by atoms with E-state index in [2.05, 4.69) is 20.9 Å². The van der Waals surface area contributed by atoms with Gasteiger partial charge in [-0.05, 0) is 84.1 Å². The van der Waals surface area contributed by atoms with Crippen LogP contribution in [0.5, 0.6) is 0 Å². The number of urea groups is 1. The zero-order chi connectivity index (χ0) is 23.0. The Morgan fingerprint density at radius 3 is 2.26 bits per heavy atom. The molecule has 0 spiro atoms. The maximum absolute atomic E-state index is 12.6. The molecule has 0 fully saturated rings. The second kappa shape index (κ2) is 10.8. The minimum Gasteiger partial charge on any atom is -0.397 e. The SMILES string of the molecule is CN(C)CCCC(NC(=O)NC(C)(C)C)c1ccc(C(=O)Nc2ccccc2N)cc1. The number of rotatable bonds is 8. The number of para-hydroxylation sites is 2. The Morgan fingerprint density at radius 1 is 1.03 bits per heavy atom. The summed E-state index contributed by atoms with van der Waals surface area (Å²) in [6.45, 7) is 6.76. The van der Waals surface area contributed by atoms with Crippen LogP contribution in [-0.2, 0) is 0 Å². The van der Waals surface area contributed by atoms with Crippen LogP contribution in [-0.4, -0.2) is 43.0 Å². The van der Waals surface area contributed by atoms with Gasteiger partial charge in [-0.3, -0.25) is 4.79 Å². The van der Waals surface area contributed by atoms with E-state index in [4.69, 9.17) is 5.73 Å². The topological polar surface area (TPSA) is 99.5 Å². The van der Waals surface area contributed by atoms with Crippen molar-refractivity contribution in [3.05, 3.63) is 59.7 Å². The van der Waals surface area contributed by atoms with Gasteiger partial charge in [0.25, 0.3) is 5.91 Å². The van der Waals surface area contributed by atoms with Crippen molar-refractivity contribution in [3.63, 3.8) is 0 Å². The molecule has 3 amide bonds. The lowest BCUT2D eigenvalue weighted by molar-refractivity contribution is 0.102. The second-order valence-electron chi connectivity index (χ2n) is 9.01. The van der Waals surface area contributed by atoms with E-state index >= 15 is 0 Å². The van der Waals surface area contributed by atoms with Crippen LogP contribution in [0, 0.1) is 0 Å². The van der Waals surface area contributed by atoms with E-state index in [0.717, 1.165) is 24.9 Å². The van der Waals surface area contributed by atoms with E-state index < -0.39 is 0 Å². The van der Waals surface area contributed by atoms with Crippen LogP contribution in [0.1, 0.15) is 55.6 Å². The molecule has 0 aliphatic rings. The first-order valence-corrected chi connectivity index (χ1v) is 10.5. The average molecular weight is 426 g/mol. The highest BCUT2D eigenvalue weighted by Gasteiger charge is 2.19. The molecule has 0 saturated heterocycles. The Balaban J connectivity index is 2.11. The molecule has 0 aliphatic heterocycles. The molecule has 0 saturated carbocycles. The zero-order valence-electron chi connectivity index (χ0n) is 19.2. The number of benzene rings is 2. The molecular formula is C24H35N5O2. The van der Waals surface area contributed by atoms with Gasteiger partial charge < -0.3 is 26.6 Å². The minimum absolute atomic E-state index is 0.149. The lowest BCUT2D eigenvalue weighted by atomic mass is 10.00. The molecule has 2 aromatic rings. The smallest absolute Gasteiger partial charge is 0.315 e. The Kier molecular flexibility index (Phi) is 8.45. The van der Waals surface area contributed by atoms with Gasteiger partial charge in [0.2, 0.25) is 0 Å². The third-order valence-electron chi connectivity index (χ3n) is 4.68. The molecule has 31 heavy (non-hydrogen) atoms. The Hall–Kier alpha value is -3.06. The van der Waals surface area contributed by atoms with Gasteiger partial charge in [0.15, 0.2) is 0 Å². The number of nitrogens with zero attached hydrogens (tertiary/aromatic N) is 1. The van der Waals surface area contributed by atoms with Gasteiger partial charge in [0.1, 0.15) is 0 Å². The number of amides is 3. The van der Waals surface area contributed by atoms with E-state index in [1.807, 2.05) is 59.1 Å².